The molecule has 2 rings (SSSR count). The van der Waals surface area contributed by atoms with Crippen molar-refractivity contribution in [3.63, 3.8) is 0 Å². The summed E-state index contributed by atoms with van der Waals surface area (Å²) in [7, 11) is 0. The topological polar surface area (TPSA) is 33.1 Å². The second-order valence-electron chi connectivity index (χ2n) is 3.25. The van der Waals surface area contributed by atoms with Crippen LogP contribution in [0.4, 0.5) is 4.39 Å². The molecule has 1 heterocycles. The summed E-state index contributed by atoms with van der Waals surface area (Å²) in [5.74, 6) is -0.228. The van der Waals surface area contributed by atoms with Gasteiger partial charge in [-0.3, -0.25) is 0 Å². The molecular weight excluding hydrogens is 213 g/mol. The van der Waals surface area contributed by atoms with Crippen molar-refractivity contribution in [2.75, 3.05) is 0 Å². The molecule has 2 nitrogen and oxygen atoms in total. The third-order valence-electron chi connectivity index (χ3n) is 2.13. The van der Waals surface area contributed by atoms with Crippen molar-refractivity contribution in [2.45, 2.75) is 13.5 Å². The van der Waals surface area contributed by atoms with E-state index in [4.69, 9.17) is 5.11 Å². The van der Waals surface area contributed by atoms with E-state index in [-0.39, 0.29) is 12.4 Å². The molecule has 0 spiro atoms. The number of hydrogen-bond acceptors (Lipinski definition) is 3. The summed E-state index contributed by atoms with van der Waals surface area (Å²) in [6, 6.07) is 5.03. The molecule has 78 valence electrons. The highest BCUT2D eigenvalue weighted by molar-refractivity contribution is 7.15. The highest BCUT2D eigenvalue weighted by atomic mass is 32.1. The third-order valence-corrected chi connectivity index (χ3v) is 3.16. The summed E-state index contributed by atoms with van der Waals surface area (Å²) >= 11 is 1.37. The van der Waals surface area contributed by atoms with Gasteiger partial charge < -0.3 is 5.11 Å². The van der Waals surface area contributed by atoms with Crippen LogP contribution in [-0.2, 0) is 6.61 Å². The van der Waals surface area contributed by atoms with E-state index in [2.05, 4.69) is 4.98 Å². The summed E-state index contributed by atoms with van der Waals surface area (Å²) in [6.45, 7) is 1.70. The first-order valence-electron chi connectivity index (χ1n) is 4.53. The van der Waals surface area contributed by atoms with Gasteiger partial charge in [-0.15, -0.1) is 11.3 Å². The number of halogens is 1. The fraction of sp³-hybridized carbons (Fsp3) is 0.182. The van der Waals surface area contributed by atoms with Crippen LogP contribution < -0.4 is 0 Å². The van der Waals surface area contributed by atoms with Gasteiger partial charge in [0.25, 0.3) is 0 Å². The first-order valence-corrected chi connectivity index (χ1v) is 5.34. The Bertz CT molecular complexity index is 481. The number of aliphatic hydroxyl groups excluding tert-OH is 1. The first-order chi connectivity index (χ1) is 7.20. The SMILES string of the molecule is Cc1ccc(-c2ncc(CO)s2)cc1F. The van der Waals surface area contributed by atoms with E-state index in [9.17, 15) is 4.39 Å². The molecule has 0 bridgehead atoms. The minimum absolute atomic E-state index is 0.0218. The zero-order chi connectivity index (χ0) is 10.8. The average molecular weight is 223 g/mol. The van der Waals surface area contributed by atoms with Crippen molar-refractivity contribution < 1.29 is 9.50 Å². The van der Waals surface area contributed by atoms with Crippen LogP contribution in [0.15, 0.2) is 24.4 Å². The molecule has 0 aliphatic carbocycles. The number of thiazole rings is 1. The maximum absolute atomic E-state index is 13.3. The summed E-state index contributed by atoms with van der Waals surface area (Å²) in [4.78, 5) is 4.90. The molecular formula is C11H10FNOS. The van der Waals surface area contributed by atoms with Crippen LogP contribution in [0.25, 0.3) is 10.6 Å². The van der Waals surface area contributed by atoms with Gasteiger partial charge in [-0.25, -0.2) is 9.37 Å². The molecule has 0 amide bonds. The summed E-state index contributed by atoms with van der Waals surface area (Å²) in [5, 5.41) is 9.63. The van der Waals surface area contributed by atoms with Gasteiger partial charge in [0.05, 0.1) is 11.5 Å². The highest BCUT2D eigenvalue weighted by Crippen LogP contribution is 2.26. The van der Waals surface area contributed by atoms with E-state index >= 15 is 0 Å². The third kappa shape index (κ3) is 2.06. The Morgan fingerprint density at radius 2 is 2.27 bits per heavy atom. The molecule has 1 N–H and O–H groups in total. The summed E-state index contributed by atoms with van der Waals surface area (Å²) in [6.07, 6.45) is 1.61. The van der Waals surface area contributed by atoms with Crippen LogP contribution in [0.2, 0.25) is 0 Å². The van der Waals surface area contributed by atoms with Crippen molar-refractivity contribution in [3.8, 4) is 10.6 Å². The summed E-state index contributed by atoms with van der Waals surface area (Å²) < 4.78 is 13.3. The number of benzene rings is 1. The lowest BCUT2D eigenvalue weighted by Gasteiger charge is -1.98. The Hall–Kier alpha value is -1.26. The number of aryl methyl sites for hydroxylation is 1. The molecule has 0 aliphatic rings. The Morgan fingerprint density at radius 3 is 2.87 bits per heavy atom. The van der Waals surface area contributed by atoms with E-state index < -0.39 is 0 Å². The predicted molar refractivity (Wildman–Crippen MR) is 58.2 cm³/mol. The van der Waals surface area contributed by atoms with Gasteiger partial charge >= 0.3 is 0 Å². The summed E-state index contributed by atoms with van der Waals surface area (Å²) in [5.41, 5.74) is 1.38. The zero-order valence-corrected chi connectivity index (χ0v) is 9.01. The molecule has 0 saturated carbocycles. The second kappa shape index (κ2) is 4.08. The largest absolute Gasteiger partial charge is 0.391 e. The minimum atomic E-state index is -0.228. The zero-order valence-electron chi connectivity index (χ0n) is 8.20. The van der Waals surface area contributed by atoms with Crippen molar-refractivity contribution >= 4 is 11.3 Å². The molecule has 1 aromatic carbocycles. The lowest BCUT2D eigenvalue weighted by atomic mass is 10.1. The monoisotopic (exact) mass is 223 g/mol. The van der Waals surface area contributed by atoms with Crippen LogP contribution in [-0.4, -0.2) is 10.1 Å². The molecule has 0 fully saturated rings. The number of aliphatic hydroxyl groups is 1. The minimum Gasteiger partial charge on any atom is -0.391 e. The van der Waals surface area contributed by atoms with E-state index in [1.165, 1.54) is 17.4 Å². The van der Waals surface area contributed by atoms with Crippen LogP contribution in [0.3, 0.4) is 0 Å². The van der Waals surface area contributed by atoms with Gasteiger partial charge in [0.1, 0.15) is 10.8 Å². The average Bonchev–Trinajstić information content (AvgIpc) is 2.70. The van der Waals surface area contributed by atoms with Crippen molar-refractivity contribution in [3.05, 3.63) is 40.7 Å². The van der Waals surface area contributed by atoms with Crippen LogP contribution in [0.1, 0.15) is 10.4 Å². The molecule has 0 radical (unpaired) electrons. The molecule has 15 heavy (non-hydrogen) atoms. The fourth-order valence-electron chi connectivity index (χ4n) is 1.24. The molecule has 0 aliphatic heterocycles. The van der Waals surface area contributed by atoms with Crippen LogP contribution >= 0.6 is 11.3 Å². The number of nitrogens with zero attached hydrogens (tertiary/aromatic N) is 1. The Morgan fingerprint density at radius 1 is 1.47 bits per heavy atom. The molecule has 0 atom stereocenters. The maximum Gasteiger partial charge on any atom is 0.126 e. The van der Waals surface area contributed by atoms with E-state index in [0.717, 1.165) is 15.4 Å². The van der Waals surface area contributed by atoms with E-state index in [0.29, 0.717) is 5.56 Å². The second-order valence-corrected chi connectivity index (χ2v) is 4.37. The van der Waals surface area contributed by atoms with E-state index in [1.807, 2.05) is 6.07 Å². The van der Waals surface area contributed by atoms with Crippen molar-refractivity contribution in [2.24, 2.45) is 0 Å². The fourth-order valence-corrected chi connectivity index (χ4v) is 2.01. The van der Waals surface area contributed by atoms with Gasteiger partial charge in [-0.1, -0.05) is 12.1 Å². The molecule has 0 unspecified atom stereocenters. The predicted octanol–water partition coefficient (Wildman–Crippen LogP) is 2.75. The smallest absolute Gasteiger partial charge is 0.126 e. The van der Waals surface area contributed by atoms with Crippen LogP contribution in [0, 0.1) is 12.7 Å². The number of rotatable bonds is 2. The first kappa shape index (κ1) is 10.3. The van der Waals surface area contributed by atoms with Gasteiger partial charge in [0.15, 0.2) is 0 Å². The molecule has 2 aromatic rings. The molecule has 0 saturated heterocycles. The Kier molecular flexibility index (Phi) is 2.79. The lowest BCUT2D eigenvalue weighted by molar-refractivity contribution is 0.285. The number of aromatic nitrogens is 1. The highest BCUT2D eigenvalue weighted by Gasteiger charge is 2.06. The van der Waals surface area contributed by atoms with Crippen molar-refractivity contribution in [1.29, 1.82) is 0 Å². The lowest BCUT2D eigenvalue weighted by Crippen LogP contribution is -1.83. The van der Waals surface area contributed by atoms with Gasteiger partial charge in [0.2, 0.25) is 0 Å². The van der Waals surface area contributed by atoms with E-state index in [1.54, 1.807) is 19.2 Å². The normalized spacial score (nSPS) is 10.6. The standard InChI is InChI=1S/C11H10FNOS/c1-7-2-3-8(4-10(7)12)11-13-5-9(6-14)15-11/h2-5,14H,6H2,1H3. The van der Waals surface area contributed by atoms with Crippen LogP contribution in [0.5, 0.6) is 0 Å². The van der Waals surface area contributed by atoms with Gasteiger partial charge in [-0.05, 0) is 18.6 Å². The van der Waals surface area contributed by atoms with Gasteiger partial charge in [-0.2, -0.15) is 0 Å². The molecule has 1 aromatic heterocycles. The Labute approximate surface area is 91.0 Å². The van der Waals surface area contributed by atoms with Crippen molar-refractivity contribution in [1.82, 2.24) is 4.98 Å². The number of hydrogen-bond donors (Lipinski definition) is 1. The quantitative estimate of drug-likeness (QED) is 0.849. The maximum atomic E-state index is 13.3. The van der Waals surface area contributed by atoms with Gasteiger partial charge in [0, 0.05) is 11.8 Å². The Balaban J connectivity index is 2.40. The molecule has 4 heteroatoms.